The van der Waals surface area contributed by atoms with E-state index in [1.165, 1.54) is 12.1 Å². The molecule has 0 saturated heterocycles. The Morgan fingerprint density at radius 3 is 2.33 bits per heavy atom. The lowest BCUT2D eigenvalue weighted by Crippen LogP contribution is -2.03. The van der Waals surface area contributed by atoms with Crippen molar-refractivity contribution in [2.75, 3.05) is 6.61 Å². The Balaban J connectivity index is 1.94. The number of ether oxygens (including phenoxy) is 1. The average Bonchev–Trinajstić information content (AvgIpc) is 2.97. The molecule has 0 bridgehead atoms. The van der Waals surface area contributed by atoms with Crippen molar-refractivity contribution in [3.8, 4) is 11.1 Å². The number of esters is 1. The first kappa shape index (κ1) is 16.1. The highest BCUT2D eigenvalue weighted by Crippen LogP contribution is 2.32. The summed E-state index contributed by atoms with van der Waals surface area (Å²) in [5.74, 6) is -0.457. The third kappa shape index (κ3) is 3.13. The summed E-state index contributed by atoms with van der Waals surface area (Å²) in [5, 5.41) is 0.716. The van der Waals surface area contributed by atoms with Gasteiger partial charge in [0.15, 0.2) is 0 Å². The first-order valence-corrected chi connectivity index (χ1v) is 7.27. The van der Waals surface area contributed by atoms with Crippen LogP contribution in [0.3, 0.4) is 0 Å². The molecular formula is C18H13F3O3. The minimum absolute atomic E-state index is 0.0939. The Bertz CT molecular complexity index is 877. The highest BCUT2D eigenvalue weighted by atomic mass is 19.4. The molecule has 3 nitrogen and oxygen atoms in total. The Labute approximate surface area is 135 Å². The fourth-order valence-corrected chi connectivity index (χ4v) is 2.37. The van der Waals surface area contributed by atoms with E-state index in [1.54, 1.807) is 31.2 Å². The van der Waals surface area contributed by atoms with Crippen molar-refractivity contribution in [2.24, 2.45) is 0 Å². The zero-order valence-corrected chi connectivity index (χ0v) is 12.7. The number of hydrogen-bond donors (Lipinski definition) is 0. The second-order valence-electron chi connectivity index (χ2n) is 5.16. The number of carbonyl (C=O) groups excluding carboxylic acids is 1. The van der Waals surface area contributed by atoms with E-state index in [0.717, 1.165) is 12.1 Å². The van der Waals surface area contributed by atoms with Gasteiger partial charge in [0.1, 0.15) is 5.58 Å². The van der Waals surface area contributed by atoms with E-state index in [4.69, 9.17) is 9.15 Å². The summed E-state index contributed by atoms with van der Waals surface area (Å²) in [4.78, 5) is 11.7. The molecule has 0 spiro atoms. The van der Waals surface area contributed by atoms with Gasteiger partial charge >= 0.3 is 12.1 Å². The van der Waals surface area contributed by atoms with Crippen molar-refractivity contribution in [3.05, 3.63) is 59.9 Å². The van der Waals surface area contributed by atoms with Gasteiger partial charge in [0.25, 0.3) is 0 Å². The standard InChI is InChI=1S/C18H13F3O3/c1-2-23-17(22)16-10-13-4-3-12(9-15(13)24-16)11-5-7-14(8-6-11)18(19,20)21/h3-10H,2H2,1H3. The van der Waals surface area contributed by atoms with Gasteiger partial charge in [-0.2, -0.15) is 13.2 Å². The zero-order chi connectivity index (χ0) is 17.3. The summed E-state index contributed by atoms with van der Waals surface area (Å²) in [6, 6.07) is 11.6. The number of carbonyl (C=O) groups is 1. The third-order valence-corrected chi connectivity index (χ3v) is 3.54. The Hall–Kier alpha value is -2.76. The van der Waals surface area contributed by atoms with Crippen LogP contribution in [0.1, 0.15) is 23.0 Å². The molecule has 2 aromatic carbocycles. The van der Waals surface area contributed by atoms with Crippen molar-refractivity contribution in [1.82, 2.24) is 0 Å². The number of fused-ring (bicyclic) bond motifs is 1. The van der Waals surface area contributed by atoms with Crippen LogP contribution in [-0.4, -0.2) is 12.6 Å². The second kappa shape index (κ2) is 6.03. The third-order valence-electron chi connectivity index (χ3n) is 3.54. The second-order valence-corrected chi connectivity index (χ2v) is 5.16. The van der Waals surface area contributed by atoms with Crippen LogP contribution in [-0.2, 0) is 10.9 Å². The summed E-state index contributed by atoms with van der Waals surface area (Å²) in [5.41, 5.74) is 1.09. The smallest absolute Gasteiger partial charge is 0.416 e. The lowest BCUT2D eigenvalue weighted by molar-refractivity contribution is -0.137. The van der Waals surface area contributed by atoms with Crippen LogP contribution in [0, 0.1) is 0 Å². The molecule has 0 aliphatic carbocycles. The monoisotopic (exact) mass is 334 g/mol. The van der Waals surface area contributed by atoms with Crippen LogP contribution in [0.4, 0.5) is 13.2 Å². The first-order valence-electron chi connectivity index (χ1n) is 7.27. The summed E-state index contributed by atoms with van der Waals surface area (Å²) < 4.78 is 48.2. The predicted molar refractivity (Wildman–Crippen MR) is 82.6 cm³/mol. The normalized spacial score (nSPS) is 11.7. The molecular weight excluding hydrogens is 321 g/mol. The minimum atomic E-state index is -4.36. The number of alkyl halides is 3. The Kier molecular flexibility index (Phi) is 4.05. The average molecular weight is 334 g/mol. The molecule has 3 aromatic rings. The van der Waals surface area contributed by atoms with Crippen LogP contribution in [0.15, 0.2) is 52.9 Å². The van der Waals surface area contributed by atoms with Gasteiger partial charge in [0.05, 0.1) is 12.2 Å². The number of halogens is 3. The van der Waals surface area contributed by atoms with E-state index in [2.05, 4.69) is 0 Å². The molecule has 24 heavy (non-hydrogen) atoms. The zero-order valence-electron chi connectivity index (χ0n) is 12.7. The van der Waals surface area contributed by atoms with E-state index in [0.29, 0.717) is 22.1 Å². The number of benzene rings is 2. The van der Waals surface area contributed by atoms with Gasteiger partial charge < -0.3 is 9.15 Å². The molecule has 0 saturated carbocycles. The van der Waals surface area contributed by atoms with Crippen LogP contribution in [0.2, 0.25) is 0 Å². The van der Waals surface area contributed by atoms with Crippen molar-refractivity contribution in [2.45, 2.75) is 13.1 Å². The highest BCUT2D eigenvalue weighted by Gasteiger charge is 2.29. The fourth-order valence-electron chi connectivity index (χ4n) is 2.37. The summed E-state index contributed by atoms with van der Waals surface area (Å²) >= 11 is 0. The van der Waals surface area contributed by atoms with Gasteiger partial charge in [-0.05, 0) is 42.3 Å². The molecule has 1 aromatic heterocycles. The lowest BCUT2D eigenvalue weighted by atomic mass is 10.0. The summed E-state index contributed by atoms with van der Waals surface area (Å²) in [6.07, 6.45) is -4.36. The topological polar surface area (TPSA) is 39.4 Å². The van der Waals surface area contributed by atoms with E-state index >= 15 is 0 Å². The number of hydrogen-bond acceptors (Lipinski definition) is 3. The molecule has 0 amide bonds. The molecule has 6 heteroatoms. The van der Waals surface area contributed by atoms with Crippen LogP contribution < -0.4 is 0 Å². The molecule has 0 aliphatic rings. The van der Waals surface area contributed by atoms with Crippen molar-refractivity contribution < 1.29 is 27.1 Å². The van der Waals surface area contributed by atoms with E-state index in [1.807, 2.05) is 0 Å². The molecule has 1 heterocycles. The van der Waals surface area contributed by atoms with Gasteiger partial charge in [-0.25, -0.2) is 4.79 Å². The molecule has 0 fully saturated rings. The Morgan fingerprint density at radius 2 is 1.71 bits per heavy atom. The largest absolute Gasteiger partial charge is 0.460 e. The van der Waals surface area contributed by atoms with Crippen LogP contribution >= 0.6 is 0 Å². The lowest BCUT2D eigenvalue weighted by Gasteiger charge is -2.07. The van der Waals surface area contributed by atoms with Gasteiger partial charge in [0.2, 0.25) is 5.76 Å². The number of furan rings is 1. The van der Waals surface area contributed by atoms with E-state index in [9.17, 15) is 18.0 Å². The Morgan fingerprint density at radius 1 is 1.04 bits per heavy atom. The summed E-state index contributed by atoms with van der Waals surface area (Å²) in [6.45, 7) is 1.94. The van der Waals surface area contributed by atoms with Crippen molar-refractivity contribution in [3.63, 3.8) is 0 Å². The predicted octanol–water partition coefficient (Wildman–Crippen LogP) is 5.30. The summed E-state index contributed by atoms with van der Waals surface area (Å²) in [7, 11) is 0. The fraction of sp³-hybridized carbons (Fsp3) is 0.167. The molecule has 0 atom stereocenters. The van der Waals surface area contributed by atoms with Crippen molar-refractivity contribution >= 4 is 16.9 Å². The van der Waals surface area contributed by atoms with Gasteiger partial charge in [-0.3, -0.25) is 0 Å². The molecule has 3 rings (SSSR count). The molecule has 0 N–H and O–H groups in total. The van der Waals surface area contributed by atoms with Crippen LogP contribution in [0.5, 0.6) is 0 Å². The van der Waals surface area contributed by atoms with E-state index < -0.39 is 17.7 Å². The molecule has 0 aliphatic heterocycles. The van der Waals surface area contributed by atoms with Gasteiger partial charge in [-0.1, -0.05) is 24.3 Å². The van der Waals surface area contributed by atoms with Gasteiger partial charge in [-0.15, -0.1) is 0 Å². The van der Waals surface area contributed by atoms with Gasteiger partial charge in [0, 0.05) is 5.39 Å². The highest BCUT2D eigenvalue weighted by molar-refractivity contribution is 5.93. The first-order chi connectivity index (χ1) is 11.4. The van der Waals surface area contributed by atoms with Crippen molar-refractivity contribution in [1.29, 1.82) is 0 Å². The molecule has 0 unspecified atom stereocenters. The maximum Gasteiger partial charge on any atom is 0.416 e. The minimum Gasteiger partial charge on any atom is -0.460 e. The van der Waals surface area contributed by atoms with E-state index in [-0.39, 0.29) is 12.4 Å². The quantitative estimate of drug-likeness (QED) is 0.611. The molecule has 124 valence electrons. The van der Waals surface area contributed by atoms with Crippen LogP contribution in [0.25, 0.3) is 22.1 Å². The SMILES string of the molecule is CCOC(=O)c1cc2ccc(-c3ccc(C(F)(F)F)cc3)cc2o1. The number of rotatable bonds is 3. The maximum absolute atomic E-state index is 12.6. The molecule has 0 radical (unpaired) electrons. The maximum atomic E-state index is 12.6.